The van der Waals surface area contributed by atoms with Crippen LogP contribution in [0.5, 0.6) is 0 Å². The smallest absolute Gasteiger partial charge is 0.287 e. The second-order valence-corrected chi connectivity index (χ2v) is 4.37. The van der Waals surface area contributed by atoms with Gasteiger partial charge in [0.05, 0.1) is 6.54 Å². The van der Waals surface area contributed by atoms with Crippen LogP contribution in [0, 0.1) is 5.92 Å². The van der Waals surface area contributed by atoms with Gasteiger partial charge >= 0.3 is 0 Å². The van der Waals surface area contributed by atoms with Crippen LogP contribution in [0.1, 0.15) is 37.0 Å². The van der Waals surface area contributed by atoms with Crippen LogP contribution in [0.2, 0.25) is 0 Å². The van der Waals surface area contributed by atoms with Crippen molar-refractivity contribution < 1.29 is 9.32 Å². The number of amides is 1. The number of nitrogen functional groups attached to an aromatic ring is 1. The topological polar surface area (TPSA) is 84.4 Å². The van der Waals surface area contributed by atoms with Crippen molar-refractivity contribution in [1.82, 2.24) is 15.5 Å². The molecule has 3 N–H and O–H groups in total. The quantitative estimate of drug-likeness (QED) is 0.435. The minimum atomic E-state index is -0.438. The van der Waals surface area contributed by atoms with Gasteiger partial charge in [-0.05, 0) is 12.5 Å². The third kappa shape index (κ3) is 4.16. The monoisotopic (exact) mass is 240 g/mol. The van der Waals surface area contributed by atoms with Gasteiger partial charge in [0.15, 0.2) is 11.5 Å². The summed E-state index contributed by atoms with van der Waals surface area (Å²) in [5.74, 6) is 5.84. The fourth-order valence-corrected chi connectivity index (χ4v) is 1.61. The Bertz CT molecular complexity index is 362. The number of carbonyl (C=O) groups is 1. The number of nitrogens with one attached hydrogen (secondary N) is 1. The van der Waals surface area contributed by atoms with Gasteiger partial charge < -0.3 is 4.52 Å². The van der Waals surface area contributed by atoms with Gasteiger partial charge in [0.2, 0.25) is 0 Å². The summed E-state index contributed by atoms with van der Waals surface area (Å²) in [4.78, 5) is 13.4. The number of rotatable bonds is 6. The van der Waals surface area contributed by atoms with Crippen molar-refractivity contribution in [3.8, 4) is 0 Å². The predicted molar refractivity (Wildman–Crippen MR) is 63.9 cm³/mol. The Labute approximate surface area is 101 Å². The van der Waals surface area contributed by atoms with E-state index >= 15 is 0 Å². The van der Waals surface area contributed by atoms with E-state index in [1.54, 1.807) is 6.07 Å². The van der Waals surface area contributed by atoms with Gasteiger partial charge in [0.1, 0.15) is 0 Å². The molecule has 0 unspecified atom stereocenters. The fourth-order valence-electron chi connectivity index (χ4n) is 1.61. The summed E-state index contributed by atoms with van der Waals surface area (Å²) in [6, 6.07) is 1.62. The molecule has 0 radical (unpaired) electrons. The minimum Gasteiger partial charge on any atom is -0.359 e. The molecular weight excluding hydrogens is 220 g/mol. The largest absolute Gasteiger partial charge is 0.359 e. The Morgan fingerprint density at radius 1 is 1.65 bits per heavy atom. The molecule has 1 aromatic heterocycles. The Balaban J connectivity index is 2.61. The molecule has 6 nitrogen and oxygen atoms in total. The molecule has 0 saturated carbocycles. The first kappa shape index (κ1) is 13.7. The number of hydrogen-bond acceptors (Lipinski definition) is 5. The molecule has 96 valence electrons. The summed E-state index contributed by atoms with van der Waals surface area (Å²) in [6.07, 6.45) is 0. The van der Waals surface area contributed by atoms with Crippen molar-refractivity contribution in [2.24, 2.45) is 11.8 Å². The van der Waals surface area contributed by atoms with Crippen LogP contribution in [0.15, 0.2) is 10.6 Å². The van der Waals surface area contributed by atoms with Crippen LogP contribution in [-0.2, 0) is 6.54 Å². The van der Waals surface area contributed by atoms with Crippen molar-refractivity contribution in [3.05, 3.63) is 17.5 Å². The molecule has 0 saturated heterocycles. The molecule has 0 bridgehead atoms. The van der Waals surface area contributed by atoms with Crippen molar-refractivity contribution >= 4 is 5.91 Å². The van der Waals surface area contributed by atoms with E-state index in [1.165, 1.54) is 0 Å². The zero-order valence-electron chi connectivity index (χ0n) is 10.6. The highest BCUT2D eigenvalue weighted by Gasteiger charge is 2.13. The van der Waals surface area contributed by atoms with Crippen LogP contribution in [-0.4, -0.2) is 29.1 Å². The molecule has 0 aliphatic carbocycles. The van der Waals surface area contributed by atoms with Crippen molar-refractivity contribution in [2.75, 3.05) is 13.1 Å². The van der Waals surface area contributed by atoms with Gasteiger partial charge in [0.25, 0.3) is 5.91 Å². The van der Waals surface area contributed by atoms with E-state index in [9.17, 15) is 4.79 Å². The highest BCUT2D eigenvalue weighted by molar-refractivity contribution is 5.91. The average Bonchev–Trinajstić information content (AvgIpc) is 2.75. The van der Waals surface area contributed by atoms with Crippen LogP contribution in [0.25, 0.3) is 0 Å². The van der Waals surface area contributed by atoms with E-state index in [0.717, 1.165) is 13.1 Å². The second kappa shape index (κ2) is 6.36. The Kier molecular flexibility index (Phi) is 5.11. The summed E-state index contributed by atoms with van der Waals surface area (Å²) < 4.78 is 5.09. The predicted octanol–water partition coefficient (Wildman–Crippen LogP) is 0.756. The summed E-state index contributed by atoms with van der Waals surface area (Å²) in [6.45, 7) is 8.98. The maximum Gasteiger partial charge on any atom is 0.287 e. The highest BCUT2D eigenvalue weighted by atomic mass is 16.5. The molecule has 0 atom stereocenters. The molecule has 1 rings (SSSR count). The van der Waals surface area contributed by atoms with E-state index in [2.05, 4.69) is 30.8 Å². The number of hydrogen-bond donors (Lipinski definition) is 2. The Morgan fingerprint density at radius 3 is 2.88 bits per heavy atom. The summed E-state index contributed by atoms with van der Waals surface area (Å²) in [5, 5.41) is 3.66. The first-order valence-corrected chi connectivity index (χ1v) is 5.75. The summed E-state index contributed by atoms with van der Waals surface area (Å²) in [7, 11) is 0. The number of hydrazine groups is 1. The van der Waals surface area contributed by atoms with E-state index < -0.39 is 5.91 Å². The van der Waals surface area contributed by atoms with E-state index in [0.29, 0.717) is 18.2 Å². The molecule has 0 aliphatic heterocycles. The fraction of sp³-hybridized carbons (Fsp3) is 0.636. The molecule has 0 fully saturated rings. The molecule has 0 spiro atoms. The number of aromatic nitrogens is 1. The lowest BCUT2D eigenvalue weighted by Crippen LogP contribution is -2.30. The van der Waals surface area contributed by atoms with Crippen LogP contribution in [0.3, 0.4) is 0 Å². The third-order valence-corrected chi connectivity index (χ3v) is 2.37. The SMILES string of the molecule is CCN(Cc1cc(C(=O)NN)no1)CC(C)C. The standard InChI is InChI=1S/C11H20N4O2/c1-4-15(6-8(2)3)7-9-5-10(14-17-9)11(16)13-12/h5,8H,4,6-7,12H2,1-3H3,(H,13,16). The van der Waals surface area contributed by atoms with Crippen molar-refractivity contribution in [3.63, 3.8) is 0 Å². The third-order valence-electron chi connectivity index (χ3n) is 2.37. The zero-order chi connectivity index (χ0) is 12.8. The van der Waals surface area contributed by atoms with Crippen LogP contribution >= 0.6 is 0 Å². The molecule has 1 amide bonds. The molecule has 0 aliphatic rings. The van der Waals surface area contributed by atoms with Gasteiger partial charge in [-0.15, -0.1) is 0 Å². The molecule has 0 aromatic carbocycles. The normalized spacial score (nSPS) is 11.2. The molecule has 1 heterocycles. The Hall–Kier alpha value is -1.40. The summed E-state index contributed by atoms with van der Waals surface area (Å²) >= 11 is 0. The minimum absolute atomic E-state index is 0.211. The van der Waals surface area contributed by atoms with Gasteiger partial charge in [-0.25, -0.2) is 5.84 Å². The average molecular weight is 240 g/mol. The highest BCUT2D eigenvalue weighted by Crippen LogP contribution is 2.09. The molecule has 6 heteroatoms. The zero-order valence-corrected chi connectivity index (χ0v) is 10.6. The summed E-state index contributed by atoms with van der Waals surface area (Å²) in [5.41, 5.74) is 2.23. The first-order valence-electron chi connectivity index (χ1n) is 5.75. The van der Waals surface area contributed by atoms with E-state index in [4.69, 9.17) is 10.4 Å². The van der Waals surface area contributed by atoms with Gasteiger partial charge in [0, 0.05) is 12.6 Å². The van der Waals surface area contributed by atoms with Crippen molar-refractivity contribution in [1.29, 1.82) is 0 Å². The maximum atomic E-state index is 11.2. The van der Waals surface area contributed by atoms with Crippen LogP contribution in [0.4, 0.5) is 0 Å². The van der Waals surface area contributed by atoms with Crippen molar-refractivity contribution in [2.45, 2.75) is 27.3 Å². The number of nitrogens with two attached hydrogens (primary N) is 1. The van der Waals surface area contributed by atoms with E-state index in [1.807, 2.05) is 5.43 Å². The first-order chi connectivity index (χ1) is 8.06. The second-order valence-electron chi connectivity index (χ2n) is 4.37. The van der Waals surface area contributed by atoms with E-state index in [-0.39, 0.29) is 5.69 Å². The van der Waals surface area contributed by atoms with Gasteiger partial charge in [-0.2, -0.15) is 0 Å². The number of nitrogens with zero attached hydrogens (tertiary/aromatic N) is 2. The van der Waals surface area contributed by atoms with Crippen LogP contribution < -0.4 is 11.3 Å². The maximum absolute atomic E-state index is 11.2. The number of carbonyl (C=O) groups excluding carboxylic acids is 1. The molecular formula is C11H20N4O2. The lowest BCUT2D eigenvalue weighted by molar-refractivity contribution is 0.0944. The molecule has 1 aromatic rings. The lowest BCUT2D eigenvalue weighted by atomic mass is 10.2. The lowest BCUT2D eigenvalue weighted by Gasteiger charge is -2.20. The van der Waals surface area contributed by atoms with Gasteiger partial charge in [-0.3, -0.25) is 15.1 Å². The van der Waals surface area contributed by atoms with Gasteiger partial charge in [-0.1, -0.05) is 25.9 Å². The molecule has 17 heavy (non-hydrogen) atoms. The Morgan fingerprint density at radius 2 is 2.35 bits per heavy atom.